The number of hydrogen-bond acceptors (Lipinski definition) is 2. The number of rotatable bonds is 0. The van der Waals surface area contributed by atoms with Gasteiger partial charge in [-0.2, -0.15) is 0 Å². The Balaban J connectivity index is 0.000000222. The third-order valence-corrected chi connectivity index (χ3v) is 0.576. The Labute approximate surface area is 52.0 Å². The fourth-order valence-corrected chi connectivity index (χ4v) is 0.302. The fraction of sp³-hybridized carbons (Fsp3) is 0.400. The Bertz CT molecular complexity index is 98.6. The number of hydrogen-bond donors (Lipinski definition) is 0. The maximum Gasteiger partial charge on any atom is 0.196 e. The quantitative estimate of drug-likeness (QED) is 0.413. The van der Waals surface area contributed by atoms with Gasteiger partial charge in [-0.3, -0.25) is 4.79 Å². The molecular formula is C5H10O2Si. The number of carbonyl (C=O) groups is 1. The highest BCUT2D eigenvalue weighted by Gasteiger charge is 1.99. The second kappa shape index (κ2) is 4.58. The third kappa shape index (κ3) is 2.57. The van der Waals surface area contributed by atoms with Crippen LogP contribution >= 0.6 is 0 Å². The second-order valence-electron chi connectivity index (χ2n) is 1.08. The predicted molar refractivity (Wildman–Crippen MR) is 35.9 cm³/mol. The molecule has 0 spiro atoms. The Morgan fingerprint density at radius 3 is 2.50 bits per heavy atom. The lowest BCUT2D eigenvalue weighted by Gasteiger charge is -1.79. The van der Waals surface area contributed by atoms with E-state index >= 15 is 0 Å². The molecule has 0 amide bonds. The van der Waals surface area contributed by atoms with E-state index in [9.17, 15) is 4.79 Å². The summed E-state index contributed by atoms with van der Waals surface area (Å²) in [6.07, 6.45) is 2.82. The Kier molecular flexibility index (Phi) is 4.25. The zero-order chi connectivity index (χ0) is 6.41. The molecule has 1 aliphatic heterocycles. The normalized spacial score (nSPS) is 14.9. The van der Waals surface area contributed by atoms with Crippen LogP contribution in [0.5, 0.6) is 0 Å². The molecule has 0 radical (unpaired) electrons. The van der Waals surface area contributed by atoms with Crippen LogP contribution in [0.4, 0.5) is 0 Å². The van der Waals surface area contributed by atoms with Crippen molar-refractivity contribution in [3.05, 3.63) is 12.3 Å². The molecule has 0 atom stereocenters. The molecular weight excluding hydrogens is 120 g/mol. The molecule has 3 heteroatoms. The highest BCUT2D eigenvalue weighted by atomic mass is 28.1. The molecule has 8 heavy (non-hydrogen) atoms. The minimum atomic E-state index is 0.0509. The first kappa shape index (κ1) is 7.43. The summed E-state index contributed by atoms with van der Waals surface area (Å²) in [6.45, 7) is 2.38. The summed E-state index contributed by atoms with van der Waals surface area (Å²) in [4.78, 5) is 10.0. The summed E-state index contributed by atoms with van der Waals surface area (Å²) in [5.74, 6) is 0.0509. The second-order valence-corrected chi connectivity index (χ2v) is 1.08. The molecule has 0 fully saturated rings. The lowest BCUT2D eigenvalue weighted by molar-refractivity contribution is -0.115. The summed E-state index contributed by atoms with van der Waals surface area (Å²) < 4.78 is 4.53. The van der Waals surface area contributed by atoms with Crippen molar-refractivity contribution in [1.29, 1.82) is 0 Å². The molecule has 0 aromatic heterocycles. The van der Waals surface area contributed by atoms with Gasteiger partial charge in [-0.05, 0) is 10.2 Å². The Hall–Kier alpha value is -0.573. The van der Waals surface area contributed by atoms with E-state index < -0.39 is 0 Å². The average molecular weight is 130 g/mol. The average Bonchev–Trinajstić information content (AvgIpc) is 2.24. The maximum atomic E-state index is 10.0. The van der Waals surface area contributed by atoms with Crippen molar-refractivity contribution in [2.45, 2.75) is 6.55 Å². The van der Waals surface area contributed by atoms with E-state index in [1.54, 1.807) is 0 Å². The van der Waals surface area contributed by atoms with Gasteiger partial charge in [-0.1, -0.05) is 6.55 Å². The van der Waals surface area contributed by atoms with Gasteiger partial charge >= 0.3 is 0 Å². The van der Waals surface area contributed by atoms with Crippen molar-refractivity contribution in [2.75, 3.05) is 6.61 Å². The van der Waals surface area contributed by atoms with Crippen molar-refractivity contribution < 1.29 is 9.53 Å². The zero-order valence-corrected chi connectivity index (χ0v) is 7.18. The summed E-state index contributed by atoms with van der Waals surface area (Å²) in [7, 11) is 1.31. The SMILES string of the molecule is C[SiH3].O=C1C=COC1. The fourth-order valence-electron chi connectivity index (χ4n) is 0.302. The molecule has 0 aliphatic carbocycles. The minimum absolute atomic E-state index is 0.0509. The molecule has 0 unspecified atom stereocenters. The molecule has 0 N–H and O–H groups in total. The molecule has 0 bridgehead atoms. The predicted octanol–water partition coefficient (Wildman–Crippen LogP) is -0.501. The highest BCUT2D eigenvalue weighted by Crippen LogP contribution is 1.89. The minimum Gasteiger partial charge on any atom is -0.493 e. The van der Waals surface area contributed by atoms with E-state index in [-0.39, 0.29) is 12.4 Å². The number of ketones is 1. The van der Waals surface area contributed by atoms with E-state index in [0.29, 0.717) is 0 Å². The Morgan fingerprint density at radius 2 is 2.38 bits per heavy atom. The van der Waals surface area contributed by atoms with Gasteiger partial charge in [0.05, 0.1) is 6.26 Å². The van der Waals surface area contributed by atoms with Crippen LogP contribution in [0, 0.1) is 0 Å². The van der Waals surface area contributed by atoms with E-state index in [2.05, 4.69) is 11.3 Å². The van der Waals surface area contributed by atoms with Gasteiger partial charge < -0.3 is 4.74 Å². The van der Waals surface area contributed by atoms with Crippen LogP contribution in [0.25, 0.3) is 0 Å². The first-order chi connectivity index (χ1) is 3.89. The van der Waals surface area contributed by atoms with E-state index in [1.807, 2.05) is 0 Å². The van der Waals surface area contributed by atoms with Crippen LogP contribution in [0.3, 0.4) is 0 Å². The van der Waals surface area contributed by atoms with E-state index in [1.165, 1.54) is 22.6 Å². The number of ether oxygens (including phenoxy) is 1. The van der Waals surface area contributed by atoms with Crippen molar-refractivity contribution >= 4 is 16.0 Å². The van der Waals surface area contributed by atoms with Crippen molar-refractivity contribution in [1.82, 2.24) is 0 Å². The molecule has 46 valence electrons. The first-order valence-electron chi connectivity index (χ1n) is 2.70. The van der Waals surface area contributed by atoms with Crippen molar-refractivity contribution in [2.24, 2.45) is 0 Å². The van der Waals surface area contributed by atoms with Crippen molar-refractivity contribution in [3.8, 4) is 0 Å². The van der Waals surface area contributed by atoms with E-state index in [4.69, 9.17) is 0 Å². The molecule has 1 aliphatic rings. The first-order valence-corrected chi connectivity index (χ1v) is 4.70. The summed E-state index contributed by atoms with van der Waals surface area (Å²) in [5, 5.41) is 0. The lowest BCUT2D eigenvalue weighted by Crippen LogP contribution is -1.91. The van der Waals surface area contributed by atoms with Crippen LogP contribution in [-0.4, -0.2) is 22.6 Å². The molecule has 1 rings (SSSR count). The lowest BCUT2D eigenvalue weighted by atomic mass is 10.5. The van der Waals surface area contributed by atoms with Crippen LogP contribution < -0.4 is 0 Å². The summed E-state index contributed by atoms with van der Waals surface area (Å²) in [6, 6.07) is 0. The number of carbonyl (C=O) groups excluding carboxylic acids is 1. The maximum absolute atomic E-state index is 10.0. The van der Waals surface area contributed by atoms with Crippen molar-refractivity contribution in [3.63, 3.8) is 0 Å². The van der Waals surface area contributed by atoms with E-state index in [0.717, 1.165) is 0 Å². The largest absolute Gasteiger partial charge is 0.493 e. The summed E-state index contributed by atoms with van der Waals surface area (Å²) >= 11 is 0. The van der Waals surface area contributed by atoms with Gasteiger partial charge in [0, 0.05) is 6.08 Å². The zero-order valence-electron chi connectivity index (χ0n) is 5.18. The van der Waals surface area contributed by atoms with Gasteiger partial charge in [0.1, 0.15) is 6.61 Å². The third-order valence-electron chi connectivity index (χ3n) is 0.576. The van der Waals surface area contributed by atoms with Crippen LogP contribution in [0.15, 0.2) is 12.3 Å². The Morgan fingerprint density at radius 1 is 1.75 bits per heavy atom. The van der Waals surface area contributed by atoms with Gasteiger partial charge in [0.2, 0.25) is 0 Å². The van der Waals surface area contributed by atoms with Crippen LogP contribution in [0.2, 0.25) is 6.55 Å². The molecule has 0 saturated carbocycles. The van der Waals surface area contributed by atoms with Crippen LogP contribution in [0.1, 0.15) is 0 Å². The topological polar surface area (TPSA) is 26.3 Å². The smallest absolute Gasteiger partial charge is 0.196 e. The van der Waals surface area contributed by atoms with Gasteiger partial charge in [-0.25, -0.2) is 0 Å². The monoisotopic (exact) mass is 130 g/mol. The summed E-state index contributed by atoms with van der Waals surface area (Å²) in [5.41, 5.74) is 0. The highest BCUT2D eigenvalue weighted by molar-refractivity contribution is 6.05. The van der Waals surface area contributed by atoms with Crippen LogP contribution in [-0.2, 0) is 9.53 Å². The standard InChI is InChI=1S/C4H4O2.CH6Si/c5-4-1-2-6-3-4;1-2/h1-2H,3H2;1-2H3. The molecule has 1 heterocycles. The van der Waals surface area contributed by atoms with Gasteiger partial charge in [-0.15, -0.1) is 0 Å². The molecule has 0 saturated heterocycles. The molecule has 0 aromatic carbocycles. The van der Waals surface area contributed by atoms with Gasteiger partial charge in [0.15, 0.2) is 5.78 Å². The molecule has 0 aromatic rings. The molecule has 2 nitrogen and oxygen atoms in total. The van der Waals surface area contributed by atoms with Gasteiger partial charge in [0.25, 0.3) is 0 Å².